The van der Waals surface area contributed by atoms with Crippen LogP contribution in [-0.4, -0.2) is 18.5 Å². The van der Waals surface area contributed by atoms with Gasteiger partial charge in [-0.25, -0.2) is 13.2 Å². The molecule has 0 spiro atoms. The Bertz CT molecular complexity index is 493. The minimum absolute atomic E-state index is 0.228. The SMILES string of the molecule is NCC(NC(=O)c1cc(F)c(F)c(F)c1)C1CCCCC1. The lowest BCUT2D eigenvalue weighted by Crippen LogP contribution is -2.46. The fraction of sp³-hybridized carbons (Fsp3) is 0.533. The van der Waals surface area contributed by atoms with Crippen LogP contribution < -0.4 is 11.1 Å². The quantitative estimate of drug-likeness (QED) is 0.840. The molecule has 1 aliphatic carbocycles. The van der Waals surface area contributed by atoms with Gasteiger partial charge in [0.1, 0.15) is 0 Å². The molecular formula is C15H19F3N2O. The van der Waals surface area contributed by atoms with Crippen molar-refractivity contribution in [3.63, 3.8) is 0 Å². The summed E-state index contributed by atoms with van der Waals surface area (Å²) < 4.78 is 39.2. The highest BCUT2D eigenvalue weighted by molar-refractivity contribution is 5.94. The molecule has 1 unspecified atom stereocenters. The third-order valence-electron chi connectivity index (χ3n) is 4.04. The monoisotopic (exact) mass is 300 g/mol. The Morgan fingerprint density at radius 2 is 1.76 bits per heavy atom. The molecule has 3 N–H and O–H groups in total. The Labute approximate surface area is 121 Å². The van der Waals surface area contributed by atoms with Crippen LogP contribution in [0.15, 0.2) is 12.1 Å². The van der Waals surface area contributed by atoms with Gasteiger partial charge in [0.15, 0.2) is 17.5 Å². The summed E-state index contributed by atoms with van der Waals surface area (Å²) in [6.45, 7) is 0.266. The summed E-state index contributed by atoms with van der Waals surface area (Å²) in [7, 11) is 0. The lowest BCUT2D eigenvalue weighted by atomic mass is 9.84. The standard InChI is InChI=1S/C15H19F3N2O/c16-11-6-10(7-12(17)14(11)18)15(21)20-13(8-19)9-4-2-1-3-5-9/h6-7,9,13H,1-5,8,19H2,(H,20,21). The predicted molar refractivity (Wildman–Crippen MR) is 73.2 cm³/mol. The van der Waals surface area contributed by atoms with E-state index in [0.717, 1.165) is 25.7 Å². The van der Waals surface area contributed by atoms with Crippen molar-refractivity contribution in [1.29, 1.82) is 0 Å². The molecule has 1 saturated carbocycles. The van der Waals surface area contributed by atoms with E-state index < -0.39 is 23.4 Å². The van der Waals surface area contributed by atoms with Crippen LogP contribution in [0.5, 0.6) is 0 Å². The number of carbonyl (C=O) groups is 1. The van der Waals surface area contributed by atoms with E-state index in [4.69, 9.17) is 5.73 Å². The van der Waals surface area contributed by atoms with Crippen molar-refractivity contribution in [2.24, 2.45) is 11.7 Å². The summed E-state index contributed by atoms with van der Waals surface area (Å²) in [5.41, 5.74) is 5.46. The van der Waals surface area contributed by atoms with Gasteiger partial charge in [-0.1, -0.05) is 19.3 Å². The Hall–Kier alpha value is -1.56. The molecule has 0 aromatic heterocycles. The van der Waals surface area contributed by atoms with Gasteiger partial charge in [-0.15, -0.1) is 0 Å². The number of hydrogen-bond acceptors (Lipinski definition) is 2. The molecule has 1 fully saturated rings. The molecule has 0 heterocycles. The lowest BCUT2D eigenvalue weighted by Gasteiger charge is -2.30. The summed E-state index contributed by atoms with van der Waals surface area (Å²) >= 11 is 0. The highest BCUT2D eigenvalue weighted by Gasteiger charge is 2.25. The van der Waals surface area contributed by atoms with Gasteiger partial charge in [-0.2, -0.15) is 0 Å². The maximum atomic E-state index is 13.2. The first-order valence-corrected chi connectivity index (χ1v) is 7.18. The zero-order valence-electron chi connectivity index (χ0n) is 11.7. The fourth-order valence-corrected chi connectivity index (χ4v) is 2.84. The summed E-state index contributed by atoms with van der Waals surface area (Å²) in [6, 6.07) is 1.17. The van der Waals surface area contributed by atoms with Gasteiger partial charge in [-0.3, -0.25) is 4.79 Å². The van der Waals surface area contributed by atoms with Gasteiger partial charge in [0, 0.05) is 18.2 Å². The van der Waals surface area contributed by atoms with E-state index >= 15 is 0 Å². The van der Waals surface area contributed by atoms with Crippen molar-refractivity contribution in [1.82, 2.24) is 5.32 Å². The second kappa shape index (κ2) is 6.93. The molecule has 1 aromatic rings. The number of benzene rings is 1. The number of nitrogens with one attached hydrogen (secondary N) is 1. The van der Waals surface area contributed by atoms with Gasteiger partial charge in [0.2, 0.25) is 0 Å². The first-order chi connectivity index (χ1) is 10.0. The molecule has 116 valence electrons. The van der Waals surface area contributed by atoms with Crippen LogP contribution in [0.1, 0.15) is 42.5 Å². The fourth-order valence-electron chi connectivity index (χ4n) is 2.84. The van der Waals surface area contributed by atoms with Crippen LogP contribution in [0.25, 0.3) is 0 Å². The minimum atomic E-state index is -1.57. The van der Waals surface area contributed by atoms with Crippen molar-refractivity contribution in [3.8, 4) is 0 Å². The van der Waals surface area contributed by atoms with Crippen LogP contribution >= 0.6 is 0 Å². The molecule has 1 amide bonds. The van der Waals surface area contributed by atoms with Crippen molar-refractivity contribution >= 4 is 5.91 Å². The van der Waals surface area contributed by atoms with E-state index in [1.165, 1.54) is 6.42 Å². The summed E-state index contributed by atoms with van der Waals surface area (Å²) in [4.78, 5) is 12.0. The van der Waals surface area contributed by atoms with Crippen LogP contribution in [0.4, 0.5) is 13.2 Å². The zero-order valence-corrected chi connectivity index (χ0v) is 11.7. The van der Waals surface area contributed by atoms with Crippen LogP contribution in [0, 0.1) is 23.4 Å². The van der Waals surface area contributed by atoms with E-state index in [0.29, 0.717) is 12.1 Å². The Morgan fingerprint density at radius 3 is 2.29 bits per heavy atom. The molecule has 3 nitrogen and oxygen atoms in total. The largest absolute Gasteiger partial charge is 0.348 e. The number of hydrogen-bond donors (Lipinski definition) is 2. The topological polar surface area (TPSA) is 55.1 Å². The summed E-state index contributed by atoms with van der Waals surface area (Å²) in [6.07, 6.45) is 5.33. The number of rotatable bonds is 4. The second-order valence-electron chi connectivity index (χ2n) is 5.47. The molecule has 0 bridgehead atoms. The molecule has 1 aliphatic rings. The average molecular weight is 300 g/mol. The minimum Gasteiger partial charge on any atom is -0.348 e. The normalized spacial score (nSPS) is 17.5. The third-order valence-corrected chi connectivity index (χ3v) is 4.04. The molecule has 2 rings (SSSR count). The summed E-state index contributed by atoms with van der Waals surface area (Å²) in [5.74, 6) is -4.67. The first kappa shape index (κ1) is 15.8. The van der Waals surface area contributed by atoms with E-state index in [2.05, 4.69) is 5.32 Å². The molecule has 0 aliphatic heterocycles. The average Bonchev–Trinajstić information content (AvgIpc) is 2.50. The molecule has 1 atom stereocenters. The third kappa shape index (κ3) is 3.75. The van der Waals surface area contributed by atoms with Crippen LogP contribution in [0.2, 0.25) is 0 Å². The van der Waals surface area contributed by atoms with E-state index in [9.17, 15) is 18.0 Å². The van der Waals surface area contributed by atoms with Gasteiger partial charge in [0.25, 0.3) is 5.91 Å². The molecule has 1 aromatic carbocycles. The first-order valence-electron chi connectivity index (χ1n) is 7.18. The zero-order chi connectivity index (χ0) is 15.4. The molecule has 6 heteroatoms. The maximum absolute atomic E-state index is 13.2. The van der Waals surface area contributed by atoms with E-state index in [1.807, 2.05) is 0 Å². The van der Waals surface area contributed by atoms with E-state index in [1.54, 1.807) is 0 Å². The second-order valence-corrected chi connectivity index (χ2v) is 5.47. The Kier molecular flexibility index (Phi) is 5.22. The van der Waals surface area contributed by atoms with Crippen molar-refractivity contribution in [2.45, 2.75) is 38.1 Å². The van der Waals surface area contributed by atoms with E-state index in [-0.39, 0.29) is 24.1 Å². The maximum Gasteiger partial charge on any atom is 0.251 e. The smallest absolute Gasteiger partial charge is 0.251 e. The Morgan fingerprint density at radius 1 is 1.19 bits per heavy atom. The lowest BCUT2D eigenvalue weighted by molar-refractivity contribution is 0.0914. The van der Waals surface area contributed by atoms with Crippen LogP contribution in [-0.2, 0) is 0 Å². The molecule has 0 radical (unpaired) electrons. The Balaban J connectivity index is 2.08. The van der Waals surface area contributed by atoms with Gasteiger partial charge < -0.3 is 11.1 Å². The number of amides is 1. The highest BCUT2D eigenvalue weighted by Crippen LogP contribution is 2.26. The highest BCUT2D eigenvalue weighted by atomic mass is 19.2. The van der Waals surface area contributed by atoms with Gasteiger partial charge in [0.05, 0.1) is 0 Å². The van der Waals surface area contributed by atoms with Crippen LogP contribution in [0.3, 0.4) is 0 Å². The summed E-state index contributed by atoms with van der Waals surface area (Å²) in [5, 5.41) is 2.71. The molecular weight excluding hydrogens is 281 g/mol. The molecule has 0 saturated heterocycles. The van der Waals surface area contributed by atoms with Crippen molar-refractivity contribution in [2.75, 3.05) is 6.54 Å². The molecule has 21 heavy (non-hydrogen) atoms. The van der Waals surface area contributed by atoms with Crippen molar-refractivity contribution in [3.05, 3.63) is 35.1 Å². The van der Waals surface area contributed by atoms with Gasteiger partial charge >= 0.3 is 0 Å². The number of halogens is 3. The van der Waals surface area contributed by atoms with Gasteiger partial charge in [-0.05, 0) is 30.9 Å². The predicted octanol–water partition coefficient (Wildman–Crippen LogP) is 2.74. The number of nitrogens with two attached hydrogens (primary N) is 1. The van der Waals surface area contributed by atoms with Crippen molar-refractivity contribution < 1.29 is 18.0 Å². The number of carbonyl (C=O) groups excluding carboxylic acids is 1.